The molecule has 1 aliphatic carbocycles. The Morgan fingerprint density at radius 1 is 1.28 bits per heavy atom. The average molecular weight is 473 g/mol. The Kier molecular flexibility index (Phi) is 5.90. The summed E-state index contributed by atoms with van der Waals surface area (Å²) in [6.07, 6.45) is 6.06. The number of aliphatic hydroxyl groups is 1. The van der Waals surface area contributed by atoms with Gasteiger partial charge in [0.15, 0.2) is 5.96 Å². The number of thioether (sulfide) groups is 1. The molecule has 25 heavy (non-hydrogen) atoms. The van der Waals surface area contributed by atoms with E-state index < -0.39 is 5.60 Å². The van der Waals surface area contributed by atoms with Crippen LogP contribution in [0.15, 0.2) is 29.3 Å². The number of nitrogens with zero attached hydrogens (tertiary/aromatic N) is 2. The van der Waals surface area contributed by atoms with E-state index in [1.807, 2.05) is 18.8 Å². The fourth-order valence-electron chi connectivity index (χ4n) is 4.57. The van der Waals surface area contributed by atoms with Crippen LogP contribution < -0.4 is 10.2 Å². The fourth-order valence-corrected chi connectivity index (χ4v) is 5.87. The molecule has 1 spiro atoms. The van der Waals surface area contributed by atoms with Gasteiger partial charge in [0.2, 0.25) is 0 Å². The minimum Gasteiger partial charge on any atom is -0.387 e. The van der Waals surface area contributed by atoms with Crippen molar-refractivity contribution in [3.05, 3.63) is 29.8 Å². The molecule has 6 heteroatoms. The lowest BCUT2D eigenvalue weighted by Gasteiger charge is -2.29. The van der Waals surface area contributed by atoms with E-state index in [2.05, 4.69) is 39.5 Å². The number of aliphatic imine (C=N–C) groups is 1. The Morgan fingerprint density at radius 2 is 2.04 bits per heavy atom. The predicted molar refractivity (Wildman–Crippen MR) is 118 cm³/mol. The van der Waals surface area contributed by atoms with E-state index in [4.69, 9.17) is 0 Å². The van der Waals surface area contributed by atoms with Crippen LogP contribution in [0.2, 0.25) is 0 Å². The summed E-state index contributed by atoms with van der Waals surface area (Å²) in [5.41, 5.74) is 2.49. The number of fused-ring (bicyclic) bond motifs is 2. The molecule has 0 aromatic heterocycles. The third-order valence-corrected chi connectivity index (χ3v) is 7.15. The van der Waals surface area contributed by atoms with Crippen LogP contribution in [-0.4, -0.2) is 48.3 Å². The van der Waals surface area contributed by atoms with Gasteiger partial charge in [0.1, 0.15) is 0 Å². The smallest absolute Gasteiger partial charge is 0.198 e. The van der Waals surface area contributed by atoms with Gasteiger partial charge < -0.3 is 15.3 Å². The zero-order valence-corrected chi connectivity index (χ0v) is 18.0. The molecule has 1 saturated heterocycles. The molecule has 1 unspecified atom stereocenters. The monoisotopic (exact) mass is 473 g/mol. The molecule has 3 aliphatic rings. The Hall–Kier alpha value is -0.470. The molecule has 0 amide bonds. The van der Waals surface area contributed by atoms with Crippen LogP contribution in [0.3, 0.4) is 0 Å². The first-order valence-corrected chi connectivity index (χ1v) is 10.2. The second kappa shape index (κ2) is 7.64. The third kappa shape index (κ3) is 3.54. The summed E-state index contributed by atoms with van der Waals surface area (Å²) in [5.74, 6) is 2.76. The molecule has 138 valence electrons. The van der Waals surface area contributed by atoms with Crippen molar-refractivity contribution in [2.24, 2.45) is 4.99 Å². The van der Waals surface area contributed by atoms with Crippen LogP contribution in [0.5, 0.6) is 0 Å². The molecule has 4 nitrogen and oxygen atoms in total. The van der Waals surface area contributed by atoms with Crippen LogP contribution >= 0.6 is 35.7 Å². The maximum Gasteiger partial charge on any atom is 0.198 e. The zero-order valence-electron chi connectivity index (χ0n) is 14.8. The van der Waals surface area contributed by atoms with E-state index in [1.165, 1.54) is 36.9 Å². The summed E-state index contributed by atoms with van der Waals surface area (Å²) in [5, 5.41) is 14.1. The summed E-state index contributed by atoms with van der Waals surface area (Å²) < 4.78 is 0. The molecule has 1 aromatic carbocycles. The number of hydrogen-bond acceptors (Lipinski definition) is 3. The summed E-state index contributed by atoms with van der Waals surface area (Å²) >= 11 is 1.83. The van der Waals surface area contributed by atoms with Crippen molar-refractivity contribution in [2.75, 3.05) is 36.5 Å². The number of guanidine groups is 1. The van der Waals surface area contributed by atoms with E-state index in [9.17, 15) is 5.11 Å². The van der Waals surface area contributed by atoms with E-state index in [-0.39, 0.29) is 24.0 Å². The van der Waals surface area contributed by atoms with Gasteiger partial charge in [-0.3, -0.25) is 4.99 Å². The lowest BCUT2D eigenvalue weighted by molar-refractivity contribution is 0.0725. The summed E-state index contributed by atoms with van der Waals surface area (Å²) in [6.45, 7) is 1.59. The number of hydrogen-bond donors (Lipinski definition) is 2. The van der Waals surface area contributed by atoms with Crippen molar-refractivity contribution >= 4 is 47.4 Å². The van der Waals surface area contributed by atoms with E-state index in [0.29, 0.717) is 12.0 Å². The van der Waals surface area contributed by atoms with Gasteiger partial charge in [0.05, 0.1) is 5.60 Å². The minimum atomic E-state index is -0.592. The topological polar surface area (TPSA) is 47.9 Å². The maximum atomic E-state index is 10.6. The molecule has 2 aliphatic heterocycles. The molecule has 1 atom stereocenters. The molecule has 1 saturated carbocycles. The van der Waals surface area contributed by atoms with Gasteiger partial charge in [0.25, 0.3) is 0 Å². The van der Waals surface area contributed by atoms with Gasteiger partial charge in [-0.05, 0) is 36.6 Å². The van der Waals surface area contributed by atoms with Gasteiger partial charge >= 0.3 is 0 Å². The Bertz CT molecular complexity index is 639. The number of nitrogens with one attached hydrogen (secondary N) is 1. The second-order valence-corrected chi connectivity index (χ2v) is 8.62. The van der Waals surface area contributed by atoms with Crippen LogP contribution in [0, 0.1) is 0 Å². The number of rotatable bonds is 2. The zero-order chi connectivity index (χ0) is 16.6. The van der Waals surface area contributed by atoms with Gasteiger partial charge in [-0.25, -0.2) is 0 Å². The Balaban J connectivity index is 0.00000182. The normalized spacial score (nSPS) is 27.4. The lowest BCUT2D eigenvalue weighted by atomic mass is 9.81. The molecule has 4 rings (SSSR count). The second-order valence-electron chi connectivity index (χ2n) is 7.52. The van der Waals surface area contributed by atoms with Crippen molar-refractivity contribution < 1.29 is 5.11 Å². The molecule has 2 fully saturated rings. The molecule has 1 aromatic rings. The first kappa shape index (κ1) is 19.3. The third-order valence-electron chi connectivity index (χ3n) is 5.91. The average Bonchev–Trinajstić information content (AvgIpc) is 3.31. The van der Waals surface area contributed by atoms with Crippen LogP contribution in [-0.2, 0) is 5.41 Å². The van der Waals surface area contributed by atoms with Gasteiger partial charge in [-0.2, -0.15) is 11.8 Å². The molecular formula is C19H28IN3OS. The predicted octanol–water partition coefficient (Wildman–Crippen LogP) is 3.38. The first-order valence-electron chi connectivity index (χ1n) is 9.04. The number of anilines is 1. The van der Waals surface area contributed by atoms with Gasteiger partial charge in [-0.1, -0.05) is 31.0 Å². The van der Waals surface area contributed by atoms with Crippen molar-refractivity contribution in [1.29, 1.82) is 0 Å². The first-order chi connectivity index (χ1) is 11.7. The Labute approximate surface area is 171 Å². The van der Waals surface area contributed by atoms with Crippen molar-refractivity contribution in [3.63, 3.8) is 0 Å². The van der Waals surface area contributed by atoms with E-state index >= 15 is 0 Å². The summed E-state index contributed by atoms with van der Waals surface area (Å²) in [4.78, 5) is 6.87. The largest absolute Gasteiger partial charge is 0.387 e. The fraction of sp³-hybridized carbons (Fsp3) is 0.632. The number of para-hydroxylation sites is 1. The van der Waals surface area contributed by atoms with Crippen LogP contribution in [0.25, 0.3) is 0 Å². The maximum absolute atomic E-state index is 10.6. The van der Waals surface area contributed by atoms with Gasteiger partial charge in [0, 0.05) is 37.0 Å². The minimum absolute atomic E-state index is 0. The molecule has 2 heterocycles. The lowest BCUT2D eigenvalue weighted by Crippen LogP contribution is -2.49. The quantitative estimate of drug-likeness (QED) is 0.393. The number of halogens is 1. The van der Waals surface area contributed by atoms with Crippen molar-refractivity contribution in [2.45, 2.75) is 43.1 Å². The SMILES string of the molecule is CN=C(NCC1(O)CCSC1)N1CC2(CCCC2)c2ccccc21.I. The Morgan fingerprint density at radius 3 is 2.72 bits per heavy atom. The van der Waals surface area contributed by atoms with Crippen molar-refractivity contribution in [3.8, 4) is 0 Å². The summed E-state index contributed by atoms with van der Waals surface area (Å²) in [6, 6.07) is 8.80. The standard InChI is InChI=1S/C19H27N3OS.HI/c1-20-17(21-12-19(23)10-11-24-14-19)22-13-18(8-4-5-9-18)15-6-2-3-7-16(15)22;/h2-3,6-7,23H,4-5,8-14H2,1H3,(H,20,21);1H. The highest BCUT2D eigenvalue weighted by atomic mass is 127. The highest BCUT2D eigenvalue weighted by Gasteiger charge is 2.45. The van der Waals surface area contributed by atoms with E-state index in [0.717, 1.165) is 30.4 Å². The molecule has 2 N–H and O–H groups in total. The number of benzene rings is 1. The van der Waals surface area contributed by atoms with Gasteiger partial charge in [-0.15, -0.1) is 24.0 Å². The molecular weight excluding hydrogens is 445 g/mol. The summed E-state index contributed by atoms with van der Waals surface area (Å²) in [7, 11) is 1.85. The van der Waals surface area contributed by atoms with E-state index in [1.54, 1.807) is 0 Å². The molecule has 0 bridgehead atoms. The van der Waals surface area contributed by atoms with Crippen LogP contribution in [0.1, 0.15) is 37.7 Å². The van der Waals surface area contributed by atoms with Crippen LogP contribution in [0.4, 0.5) is 5.69 Å². The highest BCUT2D eigenvalue weighted by Crippen LogP contribution is 2.50. The highest BCUT2D eigenvalue weighted by molar-refractivity contribution is 14.0. The van der Waals surface area contributed by atoms with Crippen molar-refractivity contribution in [1.82, 2.24) is 5.32 Å². The molecule has 0 radical (unpaired) electrons.